The molecule has 2 saturated carbocycles. The highest BCUT2D eigenvalue weighted by Crippen LogP contribution is 2.43. The van der Waals surface area contributed by atoms with Crippen molar-refractivity contribution < 1.29 is 0 Å². The Balaban J connectivity index is 2.08. The summed E-state index contributed by atoms with van der Waals surface area (Å²) in [5, 5.41) is 0. The van der Waals surface area contributed by atoms with Crippen molar-refractivity contribution in [3.05, 3.63) is 0 Å². The Morgan fingerprint density at radius 3 is 2.70 bits per heavy atom. The summed E-state index contributed by atoms with van der Waals surface area (Å²) >= 11 is 0. The van der Waals surface area contributed by atoms with Gasteiger partial charge in [0.15, 0.2) is 0 Å². The van der Waals surface area contributed by atoms with Gasteiger partial charge >= 0.3 is 0 Å². The maximum atomic E-state index is 4.35. The van der Waals surface area contributed by atoms with Crippen LogP contribution in [0.2, 0.25) is 0 Å². The lowest BCUT2D eigenvalue weighted by molar-refractivity contribution is 0.207. The summed E-state index contributed by atoms with van der Waals surface area (Å²) in [6.45, 7) is 0. The van der Waals surface area contributed by atoms with Gasteiger partial charge in [-0.2, -0.15) is 0 Å². The molecule has 0 aliphatic heterocycles. The third-order valence-electron chi connectivity index (χ3n) is 3.14. The van der Waals surface area contributed by atoms with Crippen LogP contribution < -0.4 is 0 Å². The fraction of sp³-hybridized carbons (Fsp3) is 0.889. The van der Waals surface area contributed by atoms with E-state index in [1.807, 2.05) is 7.05 Å². The van der Waals surface area contributed by atoms with E-state index in [9.17, 15) is 0 Å². The van der Waals surface area contributed by atoms with Crippen molar-refractivity contribution >= 4 is 5.71 Å². The van der Waals surface area contributed by atoms with Gasteiger partial charge in [0, 0.05) is 12.8 Å². The third-order valence-corrected chi connectivity index (χ3v) is 3.14. The fourth-order valence-electron chi connectivity index (χ4n) is 2.36. The van der Waals surface area contributed by atoms with Crippen molar-refractivity contribution in [1.29, 1.82) is 0 Å². The van der Waals surface area contributed by atoms with Crippen LogP contribution in [-0.4, -0.2) is 12.8 Å². The van der Waals surface area contributed by atoms with E-state index in [1.165, 1.54) is 37.8 Å². The molecule has 0 saturated heterocycles. The minimum absolute atomic E-state index is 0.916. The maximum Gasteiger partial charge on any atom is 0.0276 e. The fourth-order valence-corrected chi connectivity index (χ4v) is 2.36. The van der Waals surface area contributed by atoms with Crippen LogP contribution in [0.15, 0.2) is 4.99 Å². The van der Waals surface area contributed by atoms with E-state index in [4.69, 9.17) is 0 Å². The van der Waals surface area contributed by atoms with Gasteiger partial charge in [0.2, 0.25) is 0 Å². The van der Waals surface area contributed by atoms with E-state index < -0.39 is 0 Å². The third kappa shape index (κ3) is 0.799. The Hall–Kier alpha value is -0.330. The predicted molar refractivity (Wildman–Crippen MR) is 43.4 cm³/mol. The molecule has 2 fully saturated rings. The second-order valence-electron chi connectivity index (χ2n) is 3.55. The summed E-state index contributed by atoms with van der Waals surface area (Å²) in [6, 6.07) is 0. The van der Waals surface area contributed by atoms with Gasteiger partial charge in [0.1, 0.15) is 0 Å². The predicted octanol–water partition coefficient (Wildman–Crippen LogP) is 2.27. The lowest BCUT2D eigenvalue weighted by Crippen LogP contribution is -2.36. The summed E-state index contributed by atoms with van der Waals surface area (Å²) < 4.78 is 0. The second-order valence-corrected chi connectivity index (χ2v) is 3.55. The molecule has 1 heteroatoms. The van der Waals surface area contributed by atoms with Crippen molar-refractivity contribution in [3.63, 3.8) is 0 Å². The molecule has 1 nitrogen and oxygen atoms in total. The van der Waals surface area contributed by atoms with E-state index in [1.54, 1.807) is 0 Å². The number of nitrogens with zero attached hydrogens (tertiary/aromatic N) is 1. The first-order valence-electron chi connectivity index (χ1n) is 4.37. The van der Waals surface area contributed by atoms with Gasteiger partial charge in [-0.3, -0.25) is 4.99 Å². The molecule has 0 aromatic heterocycles. The van der Waals surface area contributed by atoms with E-state index in [0.29, 0.717) is 0 Å². The average molecular weight is 137 g/mol. The molecule has 0 amide bonds. The largest absolute Gasteiger partial charge is 0.297 e. The van der Waals surface area contributed by atoms with Gasteiger partial charge < -0.3 is 0 Å². The Labute approximate surface area is 62.5 Å². The van der Waals surface area contributed by atoms with E-state index in [-0.39, 0.29) is 0 Å². The standard InChI is InChI=1S/C9H15N/c1-10-9-4-2-3-7-5-6-8(7)9/h7-8H,2-6H2,1H3. The molecule has 0 spiro atoms. The monoisotopic (exact) mass is 137 g/mol. The first-order chi connectivity index (χ1) is 4.92. The summed E-state index contributed by atoms with van der Waals surface area (Å²) in [7, 11) is 1.95. The zero-order chi connectivity index (χ0) is 6.97. The van der Waals surface area contributed by atoms with Crippen LogP contribution in [-0.2, 0) is 0 Å². The van der Waals surface area contributed by atoms with Crippen LogP contribution in [0.5, 0.6) is 0 Å². The molecule has 2 atom stereocenters. The molecule has 0 N–H and O–H groups in total. The molecule has 2 aliphatic rings. The van der Waals surface area contributed by atoms with Crippen molar-refractivity contribution in [2.75, 3.05) is 7.05 Å². The molecule has 2 aliphatic carbocycles. The summed E-state index contributed by atoms with van der Waals surface area (Å²) in [6.07, 6.45) is 7.07. The minimum atomic E-state index is 0.916. The van der Waals surface area contributed by atoms with Crippen molar-refractivity contribution in [3.8, 4) is 0 Å². The summed E-state index contributed by atoms with van der Waals surface area (Å²) in [5.41, 5.74) is 1.52. The van der Waals surface area contributed by atoms with Gasteiger partial charge in [-0.1, -0.05) is 0 Å². The number of hydrogen-bond donors (Lipinski definition) is 0. The van der Waals surface area contributed by atoms with E-state index >= 15 is 0 Å². The van der Waals surface area contributed by atoms with Gasteiger partial charge in [-0.05, 0) is 43.9 Å². The Morgan fingerprint density at radius 1 is 1.30 bits per heavy atom. The average Bonchev–Trinajstić information content (AvgIpc) is 1.91. The highest BCUT2D eigenvalue weighted by Gasteiger charge is 2.36. The molecule has 0 aromatic rings. The first kappa shape index (κ1) is 6.38. The number of aliphatic imine (C=N–C) groups is 1. The molecule has 0 aromatic carbocycles. The molecule has 0 heterocycles. The van der Waals surface area contributed by atoms with Crippen LogP contribution in [0.4, 0.5) is 0 Å². The van der Waals surface area contributed by atoms with Gasteiger partial charge in [-0.15, -0.1) is 0 Å². The van der Waals surface area contributed by atoms with Crippen molar-refractivity contribution in [1.82, 2.24) is 0 Å². The van der Waals surface area contributed by atoms with Crippen LogP contribution >= 0.6 is 0 Å². The number of fused-ring (bicyclic) bond motifs is 1. The van der Waals surface area contributed by atoms with Crippen LogP contribution in [0.3, 0.4) is 0 Å². The van der Waals surface area contributed by atoms with Crippen LogP contribution in [0.25, 0.3) is 0 Å². The first-order valence-corrected chi connectivity index (χ1v) is 4.37. The summed E-state index contributed by atoms with van der Waals surface area (Å²) in [4.78, 5) is 4.35. The van der Waals surface area contributed by atoms with Gasteiger partial charge in [0.25, 0.3) is 0 Å². The van der Waals surface area contributed by atoms with Gasteiger partial charge in [0.05, 0.1) is 0 Å². The molecule has 0 radical (unpaired) electrons. The lowest BCUT2D eigenvalue weighted by atomic mass is 9.64. The van der Waals surface area contributed by atoms with Crippen LogP contribution in [0.1, 0.15) is 32.1 Å². The molecule has 10 heavy (non-hydrogen) atoms. The van der Waals surface area contributed by atoms with Crippen molar-refractivity contribution in [2.45, 2.75) is 32.1 Å². The zero-order valence-corrected chi connectivity index (χ0v) is 6.64. The molecule has 56 valence electrons. The van der Waals surface area contributed by atoms with Crippen LogP contribution in [0, 0.1) is 11.8 Å². The minimum Gasteiger partial charge on any atom is -0.297 e. The smallest absolute Gasteiger partial charge is 0.0276 e. The lowest BCUT2D eigenvalue weighted by Gasteiger charge is -2.41. The topological polar surface area (TPSA) is 12.4 Å². The Morgan fingerprint density at radius 2 is 2.20 bits per heavy atom. The zero-order valence-electron chi connectivity index (χ0n) is 6.64. The molecular formula is C9H15N. The SMILES string of the molecule is CN=C1CCCC2CCC12. The Bertz CT molecular complexity index is 160. The highest BCUT2D eigenvalue weighted by atomic mass is 14.7. The maximum absolute atomic E-state index is 4.35. The summed E-state index contributed by atoms with van der Waals surface area (Å²) in [5.74, 6) is 1.95. The quantitative estimate of drug-likeness (QED) is 0.485. The number of hydrogen-bond acceptors (Lipinski definition) is 1. The van der Waals surface area contributed by atoms with E-state index in [0.717, 1.165) is 11.8 Å². The van der Waals surface area contributed by atoms with Crippen molar-refractivity contribution in [2.24, 2.45) is 16.8 Å². The van der Waals surface area contributed by atoms with Gasteiger partial charge in [-0.25, -0.2) is 0 Å². The van der Waals surface area contributed by atoms with E-state index in [2.05, 4.69) is 4.99 Å². The Kier molecular flexibility index (Phi) is 1.51. The molecule has 0 bridgehead atoms. The molecule has 2 unspecified atom stereocenters. The molecular weight excluding hydrogens is 122 g/mol. The number of rotatable bonds is 0. The second kappa shape index (κ2) is 2.37. The highest BCUT2D eigenvalue weighted by molar-refractivity contribution is 5.88. The molecule has 2 rings (SSSR count). The normalized spacial score (nSPS) is 42.7.